The lowest BCUT2D eigenvalue weighted by atomic mass is 10.1. The third kappa shape index (κ3) is 3.67. The zero-order valence-corrected chi connectivity index (χ0v) is 14.7. The van der Waals surface area contributed by atoms with Crippen LogP contribution in [0.4, 0.5) is 0 Å². The highest BCUT2D eigenvalue weighted by atomic mass is 35.5. The number of aryl methyl sites for hydroxylation is 1. The second-order valence-electron chi connectivity index (χ2n) is 4.97. The molecule has 5 nitrogen and oxygen atoms in total. The second kappa shape index (κ2) is 7.18. The first-order chi connectivity index (χ1) is 11.6. The van der Waals surface area contributed by atoms with Crippen LogP contribution < -0.4 is 5.32 Å². The minimum atomic E-state index is -0.216. The van der Waals surface area contributed by atoms with Crippen LogP contribution in [0, 0.1) is 11.3 Å². The molecule has 0 unspecified atom stereocenters. The van der Waals surface area contributed by atoms with Crippen molar-refractivity contribution in [3.63, 3.8) is 0 Å². The van der Waals surface area contributed by atoms with E-state index in [2.05, 4.69) is 16.5 Å². The monoisotopic (exact) mass is 374 g/mol. The third-order valence-electron chi connectivity index (χ3n) is 3.27. The molecular formula is C16H11ClN4OS2. The molecule has 1 aromatic heterocycles. The Morgan fingerprint density at radius 1 is 1.50 bits per heavy atom. The van der Waals surface area contributed by atoms with Gasteiger partial charge in [-0.15, -0.1) is 0 Å². The van der Waals surface area contributed by atoms with Gasteiger partial charge in [-0.3, -0.25) is 9.48 Å². The molecule has 24 heavy (non-hydrogen) atoms. The molecule has 1 saturated heterocycles. The standard InChI is InChI=1S/C16H11ClN4OS2/c17-12-4-1-3-10(7-12)14-11(9-21(20-14)6-2-5-18)8-13-15(22)19-16(23)24-13/h1,3-4,7-9H,2,6H2,(H,19,22,23). The number of hydrogen-bond donors (Lipinski definition) is 1. The van der Waals surface area contributed by atoms with Gasteiger partial charge in [0, 0.05) is 22.3 Å². The van der Waals surface area contributed by atoms with Gasteiger partial charge >= 0.3 is 0 Å². The fourth-order valence-corrected chi connectivity index (χ4v) is 3.47. The van der Waals surface area contributed by atoms with Crippen LogP contribution in [0.2, 0.25) is 5.02 Å². The van der Waals surface area contributed by atoms with E-state index in [-0.39, 0.29) is 5.91 Å². The van der Waals surface area contributed by atoms with Crippen LogP contribution in [0.25, 0.3) is 17.3 Å². The molecular weight excluding hydrogens is 364 g/mol. The van der Waals surface area contributed by atoms with Crippen LogP contribution in [-0.4, -0.2) is 20.0 Å². The Morgan fingerprint density at radius 2 is 2.33 bits per heavy atom. The molecule has 8 heteroatoms. The van der Waals surface area contributed by atoms with E-state index in [4.69, 9.17) is 29.1 Å². The number of nitrogens with zero attached hydrogens (tertiary/aromatic N) is 3. The molecule has 0 atom stereocenters. The molecule has 1 aliphatic rings. The number of nitrogens with one attached hydrogen (secondary N) is 1. The Kier molecular flexibility index (Phi) is 5.00. The van der Waals surface area contributed by atoms with Crippen LogP contribution in [-0.2, 0) is 11.3 Å². The van der Waals surface area contributed by atoms with Gasteiger partial charge < -0.3 is 5.32 Å². The van der Waals surface area contributed by atoms with Crippen LogP contribution in [0.15, 0.2) is 35.4 Å². The maximum Gasteiger partial charge on any atom is 0.263 e. The molecule has 0 spiro atoms. The predicted molar refractivity (Wildman–Crippen MR) is 99.2 cm³/mol. The first-order valence-electron chi connectivity index (χ1n) is 7.02. The molecule has 1 aromatic carbocycles. The van der Waals surface area contributed by atoms with E-state index < -0.39 is 0 Å². The van der Waals surface area contributed by atoms with Crippen molar-refractivity contribution in [3.8, 4) is 17.3 Å². The number of halogens is 1. The molecule has 3 rings (SSSR count). The summed E-state index contributed by atoms with van der Waals surface area (Å²) in [6.45, 7) is 0.477. The summed E-state index contributed by atoms with van der Waals surface area (Å²) in [5.74, 6) is -0.216. The minimum absolute atomic E-state index is 0.216. The topological polar surface area (TPSA) is 70.7 Å². The van der Waals surface area contributed by atoms with Gasteiger partial charge in [0.05, 0.1) is 29.6 Å². The Hall–Kier alpha value is -2.14. The smallest absolute Gasteiger partial charge is 0.263 e. The van der Waals surface area contributed by atoms with Crippen LogP contribution >= 0.6 is 35.6 Å². The Labute approximate surface area is 153 Å². The van der Waals surface area contributed by atoms with Crippen molar-refractivity contribution in [3.05, 3.63) is 46.0 Å². The average Bonchev–Trinajstić information content (AvgIpc) is 3.08. The molecule has 1 amide bonds. The van der Waals surface area contributed by atoms with Gasteiger partial charge in [-0.05, 0) is 18.2 Å². The second-order valence-corrected chi connectivity index (χ2v) is 7.12. The number of rotatable bonds is 4. The molecule has 2 heterocycles. The van der Waals surface area contributed by atoms with Gasteiger partial charge in [0.2, 0.25) is 0 Å². The van der Waals surface area contributed by atoms with Crippen molar-refractivity contribution < 1.29 is 4.79 Å². The van der Waals surface area contributed by atoms with E-state index in [1.54, 1.807) is 16.8 Å². The highest BCUT2D eigenvalue weighted by Gasteiger charge is 2.23. The Bertz CT molecular complexity index is 898. The van der Waals surface area contributed by atoms with Crippen LogP contribution in [0.3, 0.4) is 0 Å². The lowest BCUT2D eigenvalue weighted by molar-refractivity contribution is -0.115. The Morgan fingerprint density at radius 3 is 3.00 bits per heavy atom. The number of amides is 1. The number of thioether (sulfide) groups is 1. The number of benzene rings is 1. The van der Waals surface area contributed by atoms with Gasteiger partial charge in [0.25, 0.3) is 5.91 Å². The van der Waals surface area contributed by atoms with Crippen molar-refractivity contribution in [1.82, 2.24) is 15.1 Å². The van der Waals surface area contributed by atoms with Gasteiger partial charge in [-0.2, -0.15) is 10.4 Å². The van der Waals surface area contributed by atoms with Crippen molar-refractivity contribution >= 4 is 51.9 Å². The highest BCUT2D eigenvalue weighted by molar-refractivity contribution is 8.26. The zero-order valence-electron chi connectivity index (χ0n) is 12.3. The molecule has 0 saturated carbocycles. The van der Waals surface area contributed by atoms with E-state index in [0.29, 0.717) is 32.9 Å². The Balaban J connectivity index is 2.05. The number of carbonyl (C=O) groups is 1. The highest BCUT2D eigenvalue weighted by Crippen LogP contribution is 2.31. The van der Waals surface area contributed by atoms with Gasteiger partial charge in [-0.25, -0.2) is 0 Å². The van der Waals surface area contributed by atoms with E-state index in [9.17, 15) is 4.79 Å². The van der Waals surface area contributed by atoms with E-state index in [1.165, 1.54) is 11.8 Å². The summed E-state index contributed by atoms with van der Waals surface area (Å²) in [4.78, 5) is 12.4. The normalized spacial score (nSPS) is 15.6. The summed E-state index contributed by atoms with van der Waals surface area (Å²) >= 11 is 12.3. The molecule has 120 valence electrons. The molecule has 0 bridgehead atoms. The molecule has 0 aliphatic carbocycles. The molecule has 2 aromatic rings. The van der Waals surface area contributed by atoms with Crippen molar-refractivity contribution in [1.29, 1.82) is 5.26 Å². The molecule has 1 N–H and O–H groups in total. The summed E-state index contributed by atoms with van der Waals surface area (Å²) in [5.41, 5.74) is 2.32. The van der Waals surface area contributed by atoms with E-state index in [0.717, 1.165) is 11.1 Å². The number of hydrogen-bond acceptors (Lipinski definition) is 5. The SMILES string of the molecule is N#CCCn1cc(C=C2SC(=S)NC2=O)c(-c2cccc(Cl)c2)n1. The fraction of sp³-hybridized carbons (Fsp3) is 0.125. The molecule has 0 radical (unpaired) electrons. The predicted octanol–water partition coefficient (Wildman–Crippen LogP) is 3.61. The summed E-state index contributed by atoms with van der Waals surface area (Å²) in [6, 6.07) is 9.44. The van der Waals surface area contributed by atoms with Crippen molar-refractivity contribution in [2.24, 2.45) is 0 Å². The van der Waals surface area contributed by atoms with Crippen molar-refractivity contribution in [2.45, 2.75) is 13.0 Å². The maximum absolute atomic E-state index is 11.9. The zero-order chi connectivity index (χ0) is 17.1. The number of aromatic nitrogens is 2. The van der Waals surface area contributed by atoms with Crippen LogP contribution in [0.5, 0.6) is 0 Å². The van der Waals surface area contributed by atoms with E-state index >= 15 is 0 Å². The van der Waals surface area contributed by atoms with Crippen molar-refractivity contribution in [2.75, 3.05) is 0 Å². The van der Waals surface area contributed by atoms with Gasteiger partial charge in [0.1, 0.15) is 4.32 Å². The number of nitriles is 1. The number of thiocarbonyl (C=S) groups is 1. The first-order valence-corrected chi connectivity index (χ1v) is 8.62. The summed E-state index contributed by atoms with van der Waals surface area (Å²) in [6.07, 6.45) is 3.92. The summed E-state index contributed by atoms with van der Waals surface area (Å²) in [7, 11) is 0. The fourth-order valence-electron chi connectivity index (χ4n) is 2.24. The third-order valence-corrected chi connectivity index (χ3v) is 4.67. The minimum Gasteiger partial charge on any atom is -0.307 e. The largest absolute Gasteiger partial charge is 0.307 e. The lowest BCUT2D eigenvalue weighted by Gasteiger charge is -2.00. The quantitative estimate of drug-likeness (QED) is 0.654. The summed E-state index contributed by atoms with van der Waals surface area (Å²) in [5, 5.41) is 16.5. The maximum atomic E-state index is 11.9. The van der Waals surface area contributed by atoms with Gasteiger partial charge in [-0.1, -0.05) is 47.7 Å². The first kappa shape index (κ1) is 16.7. The molecule has 1 aliphatic heterocycles. The van der Waals surface area contributed by atoms with E-state index in [1.807, 2.05) is 24.4 Å². The lowest BCUT2D eigenvalue weighted by Crippen LogP contribution is -2.17. The van der Waals surface area contributed by atoms with Crippen LogP contribution in [0.1, 0.15) is 12.0 Å². The number of carbonyl (C=O) groups excluding carboxylic acids is 1. The summed E-state index contributed by atoms with van der Waals surface area (Å²) < 4.78 is 2.13. The molecule has 1 fully saturated rings. The van der Waals surface area contributed by atoms with Gasteiger partial charge in [0.15, 0.2) is 0 Å². The average molecular weight is 375 g/mol.